The summed E-state index contributed by atoms with van der Waals surface area (Å²) in [4.78, 5) is 12.0. The van der Waals surface area contributed by atoms with E-state index in [0.29, 0.717) is 6.04 Å². The van der Waals surface area contributed by atoms with E-state index in [1.54, 1.807) is 0 Å². The first kappa shape index (κ1) is 16.3. The molecule has 0 unspecified atom stereocenters. The van der Waals surface area contributed by atoms with Crippen LogP contribution in [0, 0.1) is 0 Å². The van der Waals surface area contributed by atoms with Crippen LogP contribution < -0.4 is 10.6 Å². The van der Waals surface area contributed by atoms with Gasteiger partial charge in [0.1, 0.15) is 5.60 Å². The molecule has 0 aromatic carbocycles. The molecule has 19 heavy (non-hydrogen) atoms. The predicted octanol–water partition coefficient (Wildman–Crippen LogP) is 3.21. The van der Waals surface area contributed by atoms with Crippen molar-refractivity contribution in [3.05, 3.63) is 0 Å². The van der Waals surface area contributed by atoms with Crippen molar-refractivity contribution in [3.8, 4) is 0 Å². The van der Waals surface area contributed by atoms with Crippen LogP contribution in [0.5, 0.6) is 0 Å². The molecule has 4 heteroatoms. The van der Waals surface area contributed by atoms with E-state index in [2.05, 4.69) is 24.5 Å². The molecular weight excluding hydrogens is 240 g/mol. The summed E-state index contributed by atoms with van der Waals surface area (Å²) in [5.41, 5.74) is -0.642. The van der Waals surface area contributed by atoms with Crippen molar-refractivity contribution in [1.82, 2.24) is 10.6 Å². The van der Waals surface area contributed by atoms with Crippen LogP contribution in [0.2, 0.25) is 0 Å². The molecule has 1 amide bonds. The molecule has 0 atom stereocenters. The summed E-state index contributed by atoms with van der Waals surface area (Å²) in [6.07, 6.45) is 5.34. The normalized spacial score (nSPS) is 16.9. The first-order valence-electron chi connectivity index (χ1n) is 7.55. The van der Waals surface area contributed by atoms with Gasteiger partial charge in [0.25, 0.3) is 0 Å². The molecule has 0 radical (unpaired) electrons. The highest BCUT2D eigenvalue weighted by atomic mass is 16.6. The van der Waals surface area contributed by atoms with E-state index in [0.717, 1.165) is 19.4 Å². The summed E-state index contributed by atoms with van der Waals surface area (Å²) in [7, 11) is 0. The standard InChI is InChI=1S/C15H30N2O2/c1-6-15(7-2,11-16-12-9-8-10-12)17-13(18)19-14(3,4)5/h12,16H,6-11H2,1-5H3,(H,17,18). The maximum absolute atomic E-state index is 12.0. The predicted molar refractivity (Wildman–Crippen MR) is 78.3 cm³/mol. The lowest BCUT2D eigenvalue weighted by molar-refractivity contribution is 0.0441. The number of carbonyl (C=O) groups is 1. The van der Waals surface area contributed by atoms with Gasteiger partial charge in [0.05, 0.1) is 5.54 Å². The molecule has 0 aromatic heterocycles. The molecule has 1 rings (SSSR count). The lowest BCUT2D eigenvalue weighted by Gasteiger charge is -2.37. The van der Waals surface area contributed by atoms with Crippen LogP contribution in [-0.4, -0.2) is 29.8 Å². The van der Waals surface area contributed by atoms with E-state index in [4.69, 9.17) is 4.74 Å². The highest BCUT2D eigenvalue weighted by Gasteiger charge is 2.31. The molecule has 0 aliphatic heterocycles. The molecule has 4 nitrogen and oxygen atoms in total. The molecule has 1 fully saturated rings. The monoisotopic (exact) mass is 270 g/mol. The van der Waals surface area contributed by atoms with Gasteiger partial charge in [0.2, 0.25) is 0 Å². The van der Waals surface area contributed by atoms with Gasteiger partial charge in [0.15, 0.2) is 0 Å². The van der Waals surface area contributed by atoms with Crippen LogP contribution in [0.4, 0.5) is 4.79 Å². The fourth-order valence-corrected chi connectivity index (χ4v) is 2.19. The van der Waals surface area contributed by atoms with Crippen molar-refractivity contribution in [3.63, 3.8) is 0 Å². The van der Waals surface area contributed by atoms with Crippen molar-refractivity contribution < 1.29 is 9.53 Å². The second-order valence-electron chi connectivity index (χ2n) is 6.62. The Bertz CT molecular complexity index is 289. The average Bonchev–Trinajstić information content (AvgIpc) is 2.22. The molecule has 1 aliphatic rings. The van der Waals surface area contributed by atoms with Gasteiger partial charge in [-0.25, -0.2) is 4.79 Å². The lowest BCUT2D eigenvalue weighted by atomic mass is 9.89. The molecule has 0 saturated heterocycles. The third-order valence-electron chi connectivity index (χ3n) is 3.95. The molecule has 112 valence electrons. The Morgan fingerprint density at radius 3 is 2.16 bits per heavy atom. The summed E-state index contributed by atoms with van der Waals surface area (Å²) in [6, 6.07) is 0.637. The average molecular weight is 270 g/mol. The fraction of sp³-hybridized carbons (Fsp3) is 0.933. The van der Waals surface area contributed by atoms with Crippen LogP contribution in [0.25, 0.3) is 0 Å². The molecule has 1 aliphatic carbocycles. The largest absolute Gasteiger partial charge is 0.444 e. The molecule has 0 spiro atoms. The first-order chi connectivity index (χ1) is 8.80. The number of rotatable bonds is 6. The zero-order valence-corrected chi connectivity index (χ0v) is 13.1. The van der Waals surface area contributed by atoms with Gasteiger partial charge in [-0.05, 0) is 46.5 Å². The molecule has 1 saturated carbocycles. The Morgan fingerprint density at radius 2 is 1.79 bits per heavy atom. The molecule has 2 N–H and O–H groups in total. The van der Waals surface area contributed by atoms with Crippen molar-refractivity contribution >= 4 is 6.09 Å². The molecule has 0 bridgehead atoms. The summed E-state index contributed by atoms with van der Waals surface area (Å²) >= 11 is 0. The number of hydrogen-bond acceptors (Lipinski definition) is 3. The zero-order valence-electron chi connectivity index (χ0n) is 13.1. The van der Waals surface area contributed by atoms with Crippen LogP contribution in [0.15, 0.2) is 0 Å². The number of hydrogen-bond donors (Lipinski definition) is 2. The van der Waals surface area contributed by atoms with Gasteiger partial charge in [-0.1, -0.05) is 20.3 Å². The minimum atomic E-state index is -0.446. The van der Waals surface area contributed by atoms with E-state index in [9.17, 15) is 4.79 Å². The first-order valence-corrected chi connectivity index (χ1v) is 7.55. The van der Waals surface area contributed by atoms with Crippen LogP contribution in [0.3, 0.4) is 0 Å². The number of amides is 1. The Labute approximate surface area is 117 Å². The van der Waals surface area contributed by atoms with Crippen LogP contribution in [0.1, 0.15) is 66.7 Å². The second-order valence-corrected chi connectivity index (χ2v) is 6.62. The number of carbonyl (C=O) groups excluding carboxylic acids is 1. The summed E-state index contributed by atoms with van der Waals surface area (Å²) in [5, 5.41) is 6.63. The Kier molecular flexibility index (Phi) is 5.65. The maximum atomic E-state index is 12.0. The van der Waals surface area contributed by atoms with E-state index < -0.39 is 5.60 Å². The van der Waals surface area contributed by atoms with Crippen LogP contribution in [-0.2, 0) is 4.74 Å². The summed E-state index contributed by atoms with van der Waals surface area (Å²) < 4.78 is 5.37. The highest BCUT2D eigenvalue weighted by Crippen LogP contribution is 2.21. The van der Waals surface area contributed by atoms with E-state index in [1.807, 2.05) is 20.8 Å². The van der Waals surface area contributed by atoms with Gasteiger partial charge in [-0.2, -0.15) is 0 Å². The van der Waals surface area contributed by atoms with E-state index in [-0.39, 0.29) is 11.6 Å². The van der Waals surface area contributed by atoms with Gasteiger partial charge in [-0.3, -0.25) is 0 Å². The second kappa shape index (κ2) is 6.60. The summed E-state index contributed by atoms with van der Waals surface area (Å²) in [5.74, 6) is 0. The maximum Gasteiger partial charge on any atom is 0.408 e. The molecular formula is C15H30N2O2. The highest BCUT2D eigenvalue weighted by molar-refractivity contribution is 5.68. The topological polar surface area (TPSA) is 50.4 Å². The lowest BCUT2D eigenvalue weighted by Crippen LogP contribution is -2.57. The van der Waals surface area contributed by atoms with Gasteiger partial charge in [-0.15, -0.1) is 0 Å². The third-order valence-corrected chi connectivity index (χ3v) is 3.95. The quantitative estimate of drug-likeness (QED) is 0.779. The Morgan fingerprint density at radius 1 is 1.21 bits per heavy atom. The third kappa shape index (κ3) is 5.39. The minimum absolute atomic E-state index is 0.197. The van der Waals surface area contributed by atoms with Crippen molar-refractivity contribution in [2.45, 2.75) is 83.9 Å². The number of alkyl carbamates (subject to hydrolysis) is 1. The van der Waals surface area contributed by atoms with E-state index in [1.165, 1.54) is 19.3 Å². The molecule has 0 aromatic rings. The molecule has 0 heterocycles. The van der Waals surface area contributed by atoms with E-state index >= 15 is 0 Å². The van der Waals surface area contributed by atoms with Gasteiger partial charge >= 0.3 is 6.09 Å². The Hall–Kier alpha value is -0.770. The summed E-state index contributed by atoms with van der Waals surface area (Å²) in [6.45, 7) is 10.7. The van der Waals surface area contributed by atoms with Crippen molar-refractivity contribution in [1.29, 1.82) is 0 Å². The smallest absolute Gasteiger partial charge is 0.408 e. The minimum Gasteiger partial charge on any atom is -0.444 e. The van der Waals surface area contributed by atoms with Crippen LogP contribution >= 0.6 is 0 Å². The zero-order chi connectivity index (χ0) is 14.5. The SMILES string of the molecule is CCC(CC)(CNC1CCC1)NC(=O)OC(C)(C)C. The number of nitrogens with one attached hydrogen (secondary N) is 2. The Balaban J connectivity index is 2.51. The fourth-order valence-electron chi connectivity index (χ4n) is 2.19. The van der Waals surface area contributed by atoms with Crippen molar-refractivity contribution in [2.24, 2.45) is 0 Å². The van der Waals surface area contributed by atoms with Gasteiger partial charge < -0.3 is 15.4 Å². The number of ether oxygens (including phenoxy) is 1. The van der Waals surface area contributed by atoms with Gasteiger partial charge in [0, 0.05) is 12.6 Å². The van der Waals surface area contributed by atoms with Crippen molar-refractivity contribution in [2.75, 3.05) is 6.54 Å².